The van der Waals surface area contributed by atoms with Crippen molar-refractivity contribution in [3.05, 3.63) is 46.0 Å². The Labute approximate surface area is 124 Å². The van der Waals surface area contributed by atoms with Crippen molar-refractivity contribution in [2.45, 2.75) is 32.7 Å². The van der Waals surface area contributed by atoms with Crippen LogP contribution in [0.5, 0.6) is 0 Å². The summed E-state index contributed by atoms with van der Waals surface area (Å²) in [6.45, 7) is 4.12. The van der Waals surface area contributed by atoms with Gasteiger partial charge in [0.1, 0.15) is 17.0 Å². The molecule has 0 amide bonds. The molecular formula is C13H13ClF3N3O. The van der Waals surface area contributed by atoms with Crippen LogP contribution in [0.4, 0.5) is 13.2 Å². The molecule has 2 rings (SSSR count). The fourth-order valence-electron chi connectivity index (χ4n) is 2.01. The van der Waals surface area contributed by atoms with Gasteiger partial charge in [-0.1, -0.05) is 17.7 Å². The summed E-state index contributed by atoms with van der Waals surface area (Å²) in [5, 5.41) is 14.1. The Kier molecular flexibility index (Phi) is 4.25. The zero-order chi connectivity index (χ0) is 15.8. The lowest BCUT2D eigenvalue weighted by Crippen LogP contribution is -2.12. The van der Waals surface area contributed by atoms with Gasteiger partial charge in [0.25, 0.3) is 0 Å². The van der Waals surface area contributed by atoms with Crippen molar-refractivity contribution in [3.63, 3.8) is 0 Å². The zero-order valence-corrected chi connectivity index (χ0v) is 12.1. The van der Waals surface area contributed by atoms with Crippen molar-refractivity contribution in [1.29, 1.82) is 0 Å². The summed E-state index contributed by atoms with van der Waals surface area (Å²) in [5.74, 6) is 0. The molecule has 1 N–H and O–H groups in total. The van der Waals surface area contributed by atoms with Crippen LogP contribution in [-0.4, -0.2) is 19.9 Å². The third-order valence-electron chi connectivity index (χ3n) is 2.98. The molecule has 21 heavy (non-hydrogen) atoms. The average Bonchev–Trinajstić information content (AvgIpc) is 2.78. The van der Waals surface area contributed by atoms with Gasteiger partial charge in [-0.25, -0.2) is 4.98 Å². The highest BCUT2D eigenvalue weighted by Crippen LogP contribution is 2.33. The minimum Gasteiger partial charge on any atom is -0.382 e. The molecular weight excluding hydrogens is 307 g/mol. The molecule has 0 aliphatic rings. The number of aliphatic hydroxyl groups is 1. The molecule has 0 saturated carbocycles. The molecule has 1 atom stereocenters. The van der Waals surface area contributed by atoms with Crippen LogP contribution in [0, 0.1) is 6.92 Å². The molecule has 0 bridgehead atoms. The molecule has 1 unspecified atom stereocenters. The van der Waals surface area contributed by atoms with Gasteiger partial charge in [-0.3, -0.25) is 4.68 Å². The number of aliphatic hydroxyl groups excluding tert-OH is 1. The van der Waals surface area contributed by atoms with E-state index in [1.807, 2.05) is 6.92 Å². The Morgan fingerprint density at radius 3 is 2.57 bits per heavy atom. The van der Waals surface area contributed by atoms with E-state index in [2.05, 4.69) is 10.1 Å². The number of alkyl halides is 3. The van der Waals surface area contributed by atoms with Crippen molar-refractivity contribution >= 4 is 11.6 Å². The van der Waals surface area contributed by atoms with Gasteiger partial charge in [0.15, 0.2) is 0 Å². The first-order valence-corrected chi connectivity index (χ1v) is 6.58. The monoisotopic (exact) mass is 319 g/mol. The van der Waals surface area contributed by atoms with Crippen LogP contribution in [-0.2, 0) is 12.7 Å². The van der Waals surface area contributed by atoms with Crippen LogP contribution in [0.25, 0.3) is 0 Å². The van der Waals surface area contributed by atoms with Crippen LogP contribution in [0.2, 0.25) is 5.15 Å². The van der Waals surface area contributed by atoms with E-state index in [-0.39, 0.29) is 10.7 Å². The number of halogens is 4. The zero-order valence-electron chi connectivity index (χ0n) is 11.3. The number of hydrogen-bond donors (Lipinski definition) is 1. The third-order valence-corrected chi connectivity index (χ3v) is 3.28. The Morgan fingerprint density at radius 1 is 1.38 bits per heavy atom. The van der Waals surface area contributed by atoms with E-state index in [9.17, 15) is 18.3 Å². The maximum absolute atomic E-state index is 12.5. The van der Waals surface area contributed by atoms with E-state index in [0.29, 0.717) is 17.9 Å². The second-order valence-corrected chi connectivity index (χ2v) is 4.86. The van der Waals surface area contributed by atoms with Crippen LogP contribution in [0.15, 0.2) is 18.2 Å². The largest absolute Gasteiger partial charge is 0.433 e. The molecule has 2 aromatic rings. The van der Waals surface area contributed by atoms with E-state index in [4.69, 9.17) is 11.6 Å². The smallest absolute Gasteiger partial charge is 0.382 e. The molecule has 8 heteroatoms. The first-order chi connectivity index (χ1) is 9.74. The summed E-state index contributed by atoms with van der Waals surface area (Å²) in [7, 11) is 0. The summed E-state index contributed by atoms with van der Waals surface area (Å²) in [5.41, 5.74) is 0.170. The summed E-state index contributed by atoms with van der Waals surface area (Å²) in [4.78, 5) is 3.30. The fourth-order valence-corrected chi connectivity index (χ4v) is 2.26. The van der Waals surface area contributed by atoms with Crippen LogP contribution >= 0.6 is 11.6 Å². The second kappa shape index (κ2) is 5.65. The quantitative estimate of drug-likeness (QED) is 0.883. The van der Waals surface area contributed by atoms with Crippen molar-refractivity contribution in [2.24, 2.45) is 0 Å². The molecule has 2 aromatic heterocycles. The van der Waals surface area contributed by atoms with E-state index in [1.165, 1.54) is 0 Å². The maximum atomic E-state index is 12.5. The molecule has 4 nitrogen and oxygen atoms in total. The number of hydrogen-bond acceptors (Lipinski definition) is 3. The minimum absolute atomic E-state index is 0.110. The molecule has 0 aliphatic carbocycles. The van der Waals surface area contributed by atoms with Crippen molar-refractivity contribution in [1.82, 2.24) is 14.8 Å². The number of pyridine rings is 1. The van der Waals surface area contributed by atoms with Crippen molar-refractivity contribution in [3.8, 4) is 0 Å². The molecule has 0 spiro atoms. The normalized spacial score (nSPS) is 13.5. The van der Waals surface area contributed by atoms with Gasteiger partial charge in [-0.15, -0.1) is 0 Å². The number of nitrogens with zero attached hydrogens (tertiary/aromatic N) is 3. The SMILES string of the molecule is CCn1nc(C)cc1C(O)c1ccc(C(F)(F)F)nc1Cl. The average molecular weight is 320 g/mol. The van der Waals surface area contributed by atoms with Crippen LogP contribution < -0.4 is 0 Å². The van der Waals surface area contributed by atoms with Gasteiger partial charge < -0.3 is 5.11 Å². The second-order valence-electron chi connectivity index (χ2n) is 4.50. The highest BCUT2D eigenvalue weighted by molar-refractivity contribution is 6.30. The maximum Gasteiger partial charge on any atom is 0.433 e. The molecule has 0 saturated heterocycles. The van der Waals surface area contributed by atoms with Crippen LogP contribution in [0.1, 0.15) is 35.7 Å². The first-order valence-electron chi connectivity index (χ1n) is 6.20. The van der Waals surface area contributed by atoms with E-state index in [1.54, 1.807) is 17.7 Å². The lowest BCUT2D eigenvalue weighted by molar-refractivity contribution is -0.141. The van der Waals surface area contributed by atoms with E-state index < -0.39 is 18.0 Å². The van der Waals surface area contributed by atoms with Gasteiger partial charge in [0.2, 0.25) is 0 Å². The Balaban J connectivity index is 2.42. The molecule has 114 valence electrons. The van der Waals surface area contributed by atoms with Gasteiger partial charge in [0.05, 0.1) is 11.4 Å². The fraction of sp³-hybridized carbons (Fsp3) is 0.385. The predicted octanol–water partition coefficient (Wildman–Crippen LogP) is 3.36. The van der Waals surface area contributed by atoms with Crippen molar-refractivity contribution < 1.29 is 18.3 Å². The lowest BCUT2D eigenvalue weighted by atomic mass is 10.1. The summed E-state index contributed by atoms with van der Waals surface area (Å²) < 4.78 is 39.2. The Hall–Kier alpha value is -1.60. The van der Waals surface area contributed by atoms with Gasteiger partial charge in [-0.2, -0.15) is 18.3 Å². The summed E-state index contributed by atoms with van der Waals surface area (Å²) >= 11 is 5.78. The molecule has 2 heterocycles. The third kappa shape index (κ3) is 3.19. The van der Waals surface area contributed by atoms with Crippen LogP contribution in [0.3, 0.4) is 0 Å². The number of aryl methyl sites for hydroxylation is 2. The summed E-state index contributed by atoms with van der Waals surface area (Å²) in [6, 6.07) is 3.58. The topological polar surface area (TPSA) is 50.9 Å². The standard InChI is InChI=1S/C13H13ClF3N3O/c1-3-20-9(6-7(2)19-20)11(21)8-4-5-10(13(15,16)17)18-12(8)14/h4-6,11,21H,3H2,1-2H3. The minimum atomic E-state index is -4.57. The van der Waals surface area contributed by atoms with Gasteiger partial charge in [0, 0.05) is 12.1 Å². The molecule has 0 aromatic carbocycles. The Bertz CT molecular complexity index is 655. The van der Waals surface area contributed by atoms with Gasteiger partial charge in [-0.05, 0) is 26.0 Å². The van der Waals surface area contributed by atoms with E-state index >= 15 is 0 Å². The Morgan fingerprint density at radius 2 is 2.05 bits per heavy atom. The predicted molar refractivity (Wildman–Crippen MR) is 70.9 cm³/mol. The van der Waals surface area contributed by atoms with E-state index in [0.717, 1.165) is 12.1 Å². The van der Waals surface area contributed by atoms with Crippen molar-refractivity contribution in [2.75, 3.05) is 0 Å². The highest BCUT2D eigenvalue weighted by atomic mass is 35.5. The number of rotatable bonds is 3. The van der Waals surface area contributed by atoms with Gasteiger partial charge >= 0.3 is 6.18 Å². The molecule has 0 fully saturated rings. The molecule has 0 aliphatic heterocycles. The number of aromatic nitrogens is 3. The highest BCUT2D eigenvalue weighted by Gasteiger charge is 2.33. The molecule has 0 radical (unpaired) electrons. The lowest BCUT2D eigenvalue weighted by Gasteiger charge is -2.15. The first kappa shape index (κ1) is 15.8. The summed E-state index contributed by atoms with van der Waals surface area (Å²) in [6.07, 6.45) is -5.76.